The van der Waals surface area contributed by atoms with Gasteiger partial charge in [0, 0.05) is 29.4 Å². The molecule has 0 unspecified atom stereocenters. The molecule has 3 aromatic rings. The summed E-state index contributed by atoms with van der Waals surface area (Å²) in [6, 6.07) is 19.1. The Morgan fingerprint density at radius 3 is 2.57 bits per heavy atom. The Morgan fingerprint density at radius 1 is 1.11 bits per heavy atom. The van der Waals surface area contributed by atoms with Crippen molar-refractivity contribution >= 4 is 15.7 Å². The lowest BCUT2D eigenvalue weighted by molar-refractivity contribution is 0.601. The topological polar surface area (TPSA) is 109 Å². The Morgan fingerprint density at radius 2 is 1.89 bits per heavy atom. The third kappa shape index (κ3) is 3.74. The van der Waals surface area contributed by atoms with E-state index in [2.05, 4.69) is 9.71 Å². The highest BCUT2D eigenvalue weighted by Gasteiger charge is 2.34. The van der Waals surface area contributed by atoms with Crippen LogP contribution in [0.15, 0.2) is 71.8 Å². The quantitative estimate of drug-likeness (QED) is 0.695. The van der Waals surface area contributed by atoms with Crippen molar-refractivity contribution in [2.24, 2.45) is 5.73 Å². The number of pyridine rings is 1. The number of hydrogen-bond acceptors (Lipinski definition) is 5. The lowest BCUT2D eigenvalue weighted by Crippen LogP contribution is -2.13. The van der Waals surface area contributed by atoms with Crippen LogP contribution in [0.2, 0.25) is 0 Å². The molecule has 0 amide bonds. The Balaban J connectivity index is 1.57. The average Bonchev–Trinajstić information content (AvgIpc) is 3.44. The number of aromatic nitrogens is 1. The Labute approximate surface area is 163 Å². The molecular formula is C21H18N4O2S. The number of nitrogens with one attached hydrogen (secondary N) is 1. The Hall–Kier alpha value is -3.21. The fraction of sp³-hybridized carbons (Fsp3) is 0.143. The van der Waals surface area contributed by atoms with E-state index in [1.54, 1.807) is 30.3 Å². The van der Waals surface area contributed by atoms with Crippen molar-refractivity contribution in [2.45, 2.75) is 23.3 Å². The van der Waals surface area contributed by atoms with Crippen LogP contribution in [-0.4, -0.2) is 19.4 Å². The van der Waals surface area contributed by atoms with Crippen LogP contribution in [0.25, 0.3) is 11.3 Å². The van der Waals surface area contributed by atoms with Crippen LogP contribution in [0, 0.1) is 11.3 Å². The highest BCUT2D eigenvalue weighted by atomic mass is 32.2. The summed E-state index contributed by atoms with van der Waals surface area (Å²) < 4.78 is 27.8. The van der Waals surface area contributed by atoms with Crippen LogP contribution in [-0.2, 0) is 10.0 Å². The van der Waals surface area contributed by atoms with Crippen molar-refractivity contribution in [1.82, 2.24) is 4.98 Å². The zero-order valence-electron chi connectivity index (χ0n) is 14.9. The summed E-state index contributed by atoms with van der Waals surface area (Å²) in [5.74, 6) is 0.392. The molecule has 4 rings (SSSR count). The molecule has 1 aliphatic carbocycles. The maximum absolute atomic E-state index is 12.6. The molecule has 0 saturated heterocycles. The van der Waals surface area contributed by atoms with Crippen LogP contribution < -0.4 is 10.5 Å². The number of hydrogen-bond donors (Lipinski definition) is 2. The van der Waals surface area contributed by atoms with Crippen LogP contribution in [0.1, 0.15) is 23.5 Å². The Bertz CT molecular complexity index is 1170. The molecule has 7 heteroatoms. The maximum Gasteiger partial charge on any atom is 0.261 e. The zero-order chi connectivity index (χ0) is 19.7. The standard InChI is InChI=1S/C21H18N4O2S/c22-12-14-3-1-6-18(9-14)28(26,27)25-17-5-2-4-15(10-17)21-8-7-16(13-24-21)19-11-20(19)23/h1-10,13,19-20,25H,11,23H2/t19-,20+/m0/s1. The largest absolute Gasteiger partial charge is 0.327 e. The summed E-state index contributed by atoms with van der Waals surface area (Å²) >= 11 is 0. The third-order valence-corrected chi connectivity index (χ3v) is 6.12. The molecule has 0 bridgehead atoms. The molecule has 3 N–H and O–H groups in total. The molecule has 1 aromatic heterocycles. The first kappa shape index (κ1) is 18.2. The molecule has 1 saturated carbocycles. The minimum absolute atomic E-state index is 0.0419. The molecule has 2 aromatic carbocycles. The molecule has 28 heavy (non-hydrogen) atoms. The summed E-state index contributed by atoms with van der Waals surface area (Å²) in [7, 11) is -3.80. The van der Waals surface area contributed by atoms with E-state index in [4.69, 9.17) is 11.0 Å². The summed E-state index contributed by atoms with van der Waals surface area (Å²) in [5.41, 5.74) is 9.28. The molecule has 140 valence electrons. The number of benzene rings is 2. The minimum atomic E-state index is -3.80. The van der Waals surface area contributed by atoms with Crippen molar-refractivity contribution < 1.29 is 8.42 Å². The predicted octanol–water partition coefficient (Wildman–Crippen LogP) is 3.24. The third-order valence-electron chi connectivity index (χ3n) is 4.74. The van der Waals surface area contributed by atoms with Gasteiger partial charge in [-0.3, -0.25) is 9.71 Å². The van der Waals surface area contributed by atoms with Gasteiger partial charge < -0.3 is 5.73 Å². The fourth-order valence-corrected chi connectivity index (χ4v) is 4.18. The lowest BCUT2D eigenvalue weighted by atomic mass is 10.1. The zero-order valence-corrected chi connectivity index (χ0v) is 15.7. The van der Waals surface area contributed by atoms with Crippen molar-refractivity contribution in [1.29, 1.82) is 5.26 Å². The first-order valence-corrected chi connectivity index (χ1v) is 10.3. The van der Waals surface area contributed by atoms with E-state index in [1.807, 2.05) is 30.5 Å². The monoisotopic (exact) mass is 390 g/mol. The average molecular weight is 390 g/mol. The fourth-order valence-electron chi connectivity index (χ4n) is 3.08. The molecular weight excluding hydrogens is 372 g/mol. The molecule has 1 fully saturated rings. The van der Waals surface area contributed by atoms with Gasteiger partial charge in [-0.25, -0.2) is 8.42 Å². The second kappa shape index (κ2) is 7.08. The molecule has 1 heterocycles. The molecule has 1 aliphatic rings. The van der Waals surface area contributed by atoms with E-state index in [0.717, 1.165) is 23.2 Å². The highest BCUT2D eigenvalue weighted by molar-refractivity contribution is 7.92. The van der Waals surface area contributed by atoms with Gasteiger partial charge in [-0.1, -0.05) is 24.3 Å². The summed E-state index contributed by atoms with van der Waals surface area (Å²) in [4.78, 5) is 4.54. The van der Waals surface area contributed by atoms with Gasteiger partial charge in [0.25, 0.3) is 10.0 Å². The molecule has 2 atom stereocenters. The number of nitrogens with two attached hydrogens (primary N) is 1. The summed E-state index contributed by atoms with van der Waals surface area (Å²) in [6.45, 7) is 0. The van der Waals surface area contributed by atoms with Crippen molar-refractivity contribution in [2.75, 3.05) is 4.72 Å². The van der Waals surface area contributed by atoms with Crippen LogP contribution >= 0.6 is 0 Å². The minimum Gasteiger partial charge on any atom is -0.327 e. The van der Waals surface area contributed by atoms with E-state index in [9.17, 15) is 8.42 Å². The van der Waals surface area contributed by atoms with E-state index < -0.39 is 10.0 Å². The second-order valence-corrected chi connectivity index (χ2v) is 8.49. The van der Waals surface area contributed by atoms with E-state index in [-0.39, 0.29) is 16.5 Å². The molecule has 0 aliphatic heterocycles. The van der Waals surface area contributed by atoms with Crippen LogP contribution in [0.5, 0.6) is 0 Å². The molecule has 6 nitrogen and oxygen atoms in total. The van der Waals surface area contributed by atoms with Crippen LogP contribution in [0.4, 0.5) is 5.69 Å². The van der Waals surface area contributed by atoms with Crippen molar-refractivity contribution in [3.8, 4) is 17.3 Å². The molecule has 0 spiro atoms. The number of sulfonamides is 1. The Kier molecular flexibility index (Phi) is 4.59. The molecule has 0 radical (unpaired) electrons. The van der Waals surface area contributed by atoms with E-state index in [1.165, 1.54) is 12.1 Å². The SMILES string of the molecule is N#Cc1cccc(S(=O)(=O)Nc2cccc(-c3ccc([C@@H]4C[C@H]4N)cn3)c2)c1. The van der Waals surface area contributed by atoms with Gasteiger partial charge >= 0.3 is 0 Å². The number of nitrogens with zero attached hydrogens (tertiary/aromatic N) is 2. The lowest BCUT2D eigenvalue weighted by Gasteiger charge is -2.10. The maximum atomic E-state index is 12.6. The first-order chi connectivity index (χ1) is 13.5. The van der Waals surface area contributed by atoms with Crippen molar-refractivity contribution in [3.63, 3.8) is 0 Å². The normalized spacial score (nSPS) is 18.3. The summed E-state index contributed by atoms with van der Waals surface area (Å²) in [6.07, 6.45) is 2.82. The second-order valence-electron chi connectivity index (χ2n) is 6.81. The van der Waals surface area contributed by atoms with Gasteiger partial charge in [-0.2, -0.15) is 5.26 Å². The first-order valence-electron chi connectivity index (χ1n) is 8.81. The van der Waals surface area contributed by atoms with E-state index >= 15 is 0 Å². The van der Waals surface area contributed by atoms with Crippen molar-refractivity contribution in [3.05, 3.63) is 78.0 Å². The van der Waals surface area contributed by atoms with Gasteiger partial charge in [0.1, 0.15) is 0 Å². The van der Waals surface area contributed by atoms with Crippen LogP contribution in [0.3, 0.4) is 0 Å². The predicted molar refractivity (Wildman–Crippen MR) is 107 cm³/mol. The van der Waals surface area contributed by atoms with E-state index in [0.29, 0.717) is 11.6 Å². The van der Waals surface area contributed by atoms with Gasteiger partial charge in [-0.05, 0) is 48.4 Å². The number of nitriles is 1. The van der Waals surface area contributed by atoms with Gasteiger partial charge in [0.2, 0.25) is 0 Å². The highest BCUT2D eigenvalue weighted by Crippen LogP contribution is 2.39. The van der Waals surface area contributed by atoms with Gasteiger partial charge in [0.15, 0.2) is 0 Å². The van der Waals surface area contributed by atoms with Gasteiger partial charge in [-0.15, -0.1) is 0 Å². The number of rotatable bonds is 5. The summed E-state index contributed by atoms with van der Waals surface area (Å²) in [5, 5.41) is 8.97. The number of anilines is 1. The smallest absolute Gasteiger partial charge is 0.261 e. The van der Waals surface area contributed by atoms with Gasteiger partial charge in [0.05, 0.1) is 22.2 Å².